The van der Waals surface area contributed by atoms with Gasteiger partial charge in [-0.15, -0.1) is 0 Å². The number of ether oxygens (including phenoxy) is 2. The molecule has 6 heteroatoms. The molecular weight excluding hydrogens is 188 g/mol. The molecule has 0 spiro atoms. The Labute approximate surface area is 80.4 Å². The summed E-state index contributed by atoms with van der Waals surface area (Å²) in [5, 5.41) is 3.79. The van der Waals surface area contributed by atoms with Gasteiger partial charge in [0.15, 0.2) is 0 Å². The van der Waals surface area contributed by atoms with Crippen LogP contribution >= 0.6 is 0 Å². The van der Waals surface area contributed by atoms with E-state index in [-0.39, 0.29) is 18.9 Å². The first-order valence-corrected chi connectivity index (χ1v) is 4.05. The molecule has 1 heterocycles. The van der Waals surface area contributed by atoms with Crippen LogP contribution in [0.2, 0.25) is 0 Å². The summed E-state index contributed by atoms with van der Waals surface area (Å²) in [5.74, 6) is -0.208. The van der Waals surface area contributed by atoms with E-state index >= 15 is 0 Å². The van der Waals surface area contributed by atoms with E-state index in [1.807, 2.05) is 0 Å². The topological polar surface area (TPSA) is 70.4 Å². The number of nitrogens with zero attached hydrogens (tertiary/aromatic N) is 2. The average Bonchev–Trinajstić information content (AvgIpc) is 2.54. The predicted octanol–water partition coefficient (Wildman–Crippen LogP) is -0.0186. The van der Waals surface area contributed by atoms with Crippen molar-refractivity contribution in [3.8, 4) is 5.88 Å². The lowest BCUT2D eigenvalue weighted by molar-refractivity contribution is -0.144. The first kappa shape index (κ1) is 10.2. The van der Waals surface area contributed by atoms with Crippen LogP contribution in [0, 0.1) is 0 Å². The van der Waals surface area contributed by atoms with Crippen molar-refractivity contribution >= 4 is 12.4 Å². The van der Waals surface area contributed by atoms with Crippen LogP contribution in [0.25, 0.3) is 0 Å². The van der Waals surface area contributed by atoms with Crippen molar-refractivity contribution < 1.29 is 19.1 Å². The quantitative estimate of drug-likeness (QED) is 0.491. The summed E-state index contributed by atoms with van der Waals surface area (Å²) in [6.07, 6.45) is 1.43. The van der Waals surface area contributed by atoms with Gasteiger partial charge in [0.25, 0.3) is 6.47 Å². The second-order valence-electron chi connectivity index (χ2n) is 2.35. The van der Waals surface area contributed by atoms with E-state index in [9.17, 15) is 9.59 Å². The lowest BCUT2D eigenvalue weighted by Crippen LogP contribution is -2.15. The van der Waals surface area contributed by atoms with Crippen LogP contribution in [0.5, 0.6) is 5.88 Å². The van der Waals surface area contributed by atoms with Gasteiger partial charge >= 0.3 is 5.97 Å². The number of aromatic nitrogens is 2. The van der Waals surface area contributed by atoms with Gasteiger partial charge in [0.1, 0.15) is 6.54 Å². The number of hydrogen-bond acceptors (Lipinski definition) is 5. The van der Waals surface area contributed by atoms with E-state index in [0.29, 0.717) is 6.61 Å². The highest BCUT2D eigenvalue weighted by Crippen LogP contribution is 2.07. The molecule has 0 unspecified atom stereocenters. The monoisotopic (exact) mass is 198 g/mol. The number of carbonyl (C=O) groups excluding carboxylic acids is 2. The van der Waals surface area contributed by atoms with Crippen LogP contribution in [-0.4, -0.2) is 28.8 Å². The molecule has 1 rings (SSSR count). The Bertz CT molecular complexity index is 321. The van der Waals surface area contributed by atoms with Gasteiger partial charge in [-0.25, -0.2) is 4.68 Å². The lowest BCUT2D eigenvalue weighted by Gasteiger charge is -2.04. The highest BCUT2D eigenvalue weighted by molar-refractivity contribution is 5.69. The Balaban J connectivity index is 2.61. The molecule has 6 nitrogen and oxygen atoms in total. The van der Waals surface area contributed by atoms with Crippen molar-refractivity contribution in [3.63, 3.8) is 0 Å². The Morgan fingerprint density at radius 3 is 3.14 bits per heavy atom. The van der Waals surface area contributed by atoms with Crippen LogP contribution in [-0.2, 0) is 20.9 Å². The zero-order chi connectivity index (χ0) is 10.4. The minimum Gasteiger partial charge on any atom is -0.465 e. The fourth-order valence-electron chi connectivity index (χ4n) is 0.918. The SMILES string of the molecule is CCOC(=O)Cn1nccc1OC=O. The maximum absolute atomic E-state index is 11.0. The van der Waals surface area contributed by atoms with Crippen molar-refractivity contribution in [2.45, 2.75) is 13.5 Å². The molecule has 0 aromatic carbocycles. The third-order valence-corrected chi connectivity index (χ3v) is 1.43. The van der Waals surface area contributed by atoms with Crippen LogP contribution < -0.4 is 4.74 Å². The van der Waals surface area contributed by atoms with Gasteiger partial charge < -0.3 is 9.47 Å². The van der Waals surface area contributed by atoms with Gasteiger partial charge in [-0.3, -0.25) is 9.59 Å². The number of hydrogen-bond donors (Lipinski definition) is 0. The molecule has 0 aliphatic heterocycles. The predicted molar refractivity (Wildman–Crippen MR) is 45.6 cm³/mol. The minimum absolute atomic E-state index is 0.0655. The highest BCUT2D eigenvalue weighted by atomic mass is 16.5. The molecule has 1 aromatic rings. The Morgan fingerprint density at radius 2 is 2.50 bits per heavy atom. The number of rotatable bonds is 5. The molecule has 0 saturated heterocycles. The number of carbonyl (C=O) groups is 2. The fraction of sp³-hybridized carbons (Fsp3) is 0.375. The van der Waals surface area contributed by atoms with Crippen molar-refractivity contribution in [2.24, 2.45) is 0 Å². The largest absolute Gasteiger partial charge is 0.465 e. The van der Waals surface area contributed by atoms with Crippen LogP contribution in [0.3, 0.4) is 0 Å². The fourth-order valence-corrected chi connectivity index (χ4v) is 0.918. The van der Waals surface area contributed by atoms with E-state index < -0.39 is 5.97 Å². The summed E-state index contributed by atoms with van der Waals surface area (Å²) in [5.41, 5.74) is 0. The molecule has 76 valence electrons. The molecule has 0 saturated carbocycles. The molecule has 0 atom stereocenters. The van der Waals surface area contributed by atoms with Gasteiger partial charge in [-0.05, 0) is 6.92 Å². The zero-order valence-electron chi connectivity index (χ0n) is 7.67. The molecule has 0 aliphatic carbocycles. The maximum Gasteiger partial charge on any atom is 0.327 e. The smallest absolute Gasteiger partial charge is 0.327 e. The Hall–Kier alpha value is -1.85. The molecule has 0 fully saturated rings. The summed E-state index contributed by atoms with van der Waals surface area (Å²) in [7, 11) is 0. The van der Waals surface area contributed by atoms with E-state index in [2.05, 4.69) is 9.84 Å². The number of esters is 1. The summed E-state index contributed by atoms with van der Waals surface area (Å²) in [6, 6.07) is 1.48. The van der Waals surface area contributed by atoms with E-state index in [4.69, 9.17) is 4.74 Å². The Morgan fingerprint density at radius 1 is 1.71 bits per heavy atom. The van der Waals surface area contributed by atoms with Crippen molar-refractivity contribution in [2.75, 3.05) is 6.61 Å². The molecule has 0 bridgehead atoms. The second-order valence-corrected chi connectivity index (χ2v) is 2.35. The highest BCUT2D eigenvalue weighted by Gasteiger charge is 2.08. The average molecular weight is 198 g/mol. The van der Waals surface area contributed by atoms with Gasteiger partial charge in [0.05, 0.1) is 12.8 Å². The van der Waals surface area contributed by atoms with Gasteiger partial charge in [0.2, 0.25) is 5.88 Å². The molecule has 0 N–H and O–H groups in total. The first-order valence-electron chi connectivity index (χ1n) is 4.05. The van der Waals surface area contributed by atoms with Gasteiger partial charge in [0, 0.05) is 6.07 Å². The molecule has 14 heavy (non-hydrogen) atoms. The van der Waals surface area contributed by atoms with Crippen LogP contribution in [0.4, 0.5) is 0 Å². The molecule has 0 aliphatic rings. The summed E-state index contributed by atoms with van der Waals surface area (Å²) in [4.78, 5) is 21.1. The van der Waals surface area contributed by atoms with Crippen LogP contribution in [0.15, 0.2) is 12.3 Å². The van der Waals surface area contributed by atoms with E-state index in [0.717, 1.165) is 0 Å². The summed E-state index contributed by atoms with van der Waals surface area (Å²) in [6.45, 7) is 2.23. The zero-order valence-corrected chi connectivity index (χ0v) is 7.67. The van der Waals surface area contributed by atoms with E-state index in [1.54, 1.807) is 6.92 Å². The second kappa shape index (κ2) is 5.00. The molecule has 0 amide bonds. The molecule has 0 radical (unpaired) electrons. The molecule has 1 aromatic heterocycles. The normalized spacial score (nSPS) is 9.50. The Kier molecular flexibility index (Phi) is 3.66. The lowest BCUT2D eigenvalue weighted by atomic mass is 10.6. The third kappa shape index (κ3) is 2.58. The van der Waals surface area contributed by atoms with Crippen molar-refractivity contribution in [3.05, 3.63) is 12.3 Å². The summed E-state index contributed by atoms with van der Waals surface area (Å²) < 4.78 is 10.5. The van der Waals surface area contributed by atoms with Crippen molar-refractivity contribution in [1.29, 1.82) is 0 Å². The van der Waals surface area contributed by atoms with Gasteiger partial charge in [-0.1, -0.05) is 0 Å². The van der Waals surface area contributed by atoms with Gasteiger partial charge in [-0.2, -0.15) is 5.10 Å². The summed E-state index contributed by atoms with van der Waals surface area (Å²) >= 11 is 0. The third-order valence-electron chi connectivity index (χ3n) is 1.43. The molecular formula is C8H10N2O4. The minimum atomic E-state index is -0.424. The standard InChI is InChI=1S/C8H10N2O4/c1-2-13-8(12)5-10-7(14-6-11)3-4-9-10/h3-4,6H,2,5H2,1H3. The van der Waals surface area contributed by atoms with E-state index in [1.165, 1.54) is 16.9 Å². The van der Waals surface area contributed by atoms with Crippen molar-refractivity contribution in [1.82, 2.24) is 9.78 Å². The van der Waals surface area contributed by atoms with Crippen LogP contribution in [0.1, 0.15) is 6.92 Å². The maximum atomic E-state index is 11.0. The first-order chi connectivity index (χ1) is 6.77.